The van der Waals surface area contributed by atoms with Crippen LogP contribution in [0, 0.1) is 0 Å². The molecule has 0 aliphatic carbocycles. The van der Waals surface area contributed by atoms with Gasteiger partial charge in [-0.2, -0.15) is 0 Å². The highest BCUT2D eigenvalue weighted by Gasteiger charge is 2.13. The second-order valence-corrected chi connectivity index (χ2v) is 4.77. The molecule has 1 aromatic carbocycles. The predicted molar refractivity (Wildman–Crippen MR) is 79.6 cm³/mol. The molecule has 4 heteroatoms. The van der Waals surface area contributed by atoms with Crippen molar-refractivity contribution in [2.45, 2.75) is 20.0 Å². The molecule has 0 aliphatic heterocycles. The third-order valence-corrected chi connectivity index (χ3v) is 3.45. The molecule has 2 aromatic rings. The van der Waals surface area contributed by atoms with Crippen LogP contribution < -0.4 is 10.2 Å². The number of anilines is 1. The van der Waals surface area contributed by atoms with Crippen molar-refractivity contribution in [3.8, 4) is 0 Å². The Kier molecular flexibility index (Phi) is 4.88. The molecule has 0 unspecified atom stereocenters. The molecule has 0 saturated carbocycles. The normalized spacial score (nSPS) is 10.7. The number of furan rings is 1. The van der Waals surface area contributed by atoms with Crippen molar-refractivity contribution in [1.82, 2.24) is 5.32 Å². The van der Waals surface area contributed by atoms with Crippen LogP contribution in [0.4, 0.5) is 5.69 Å². The zero-order valence-corrected chi connectivity index (χ0v) is 12.1. The van der Waals surface area contributed by atoms with E-state index in [4.69, 9.17) is 16.0 Å². The van der Waals surface area contributed by atoms with E-state index in [0.717, 1.165) is 41.7 Å². The monoisotopic (exact) mass is 278 g/mol. The SMILES string of the molecule is CCN(Cc1ccco1)c1cccc(Cl)c1CNC. The Labute approximate surface area is 119 Å². The number of hydrogen-bond acceptors (Lipinski definition) is 3. The Balaban J connectivity index is 2.29. The lowest BCUT2D eigenvalue weighted by molar-refractivity contribution is 0.503. The van der Waals surface area contributed by atoms with Crippen LogP contribution in [0.1, 0.15) is 18.2 Å². The summed E-state index contributed by atoms with van der Waals surface area (Å²) in [6, 6.07) is 9.92. The highest BCUT2D eigenvalue weighted by atomic mass is 35.5. The first-order chi connectivity index (χ1) is 9.26. The number of hydrogen-bond donors (Lipinski definition) is 1. The molecule has 19 heavy (non-hydrogen) atoms. The summed E-state index contributed by atoms with van der Waals surface area (Å²) < 4.78 is 5.43. The van der Waals surface area contributed by atoms with Crippen molar-refractivity contribution < 1.29 is 4.42 Å². The van der Waals surface area contributed by atoms with E-state index >= 15 is 0 Å². The Hall–Kier alpha value is -1.45. The van der Waals surface area contributed by atoms with Gasteiger partial charge in [0.2, 0.25) is 0 Å². The Morgan fingerprint density at radius 2 is 2.11 bits per heavy atom. The van der Waals surface area contributed by atoms with Gasteiger partial charge in [-0.15, -0.1) is 0 Å². The second kappa shape index (κ2) is 6.64. The summed E-state index contributed by atoms with van der Waals surface area (Å²) in [5.41, 5.74) is 2.28. The number of halogens is 1. The largest absolute Gasteiger partial charge is 0.467 e. The average Bonchev–Trinajstić information content (AvgIpc) is 2.92. The van der Waals surface area contributed by atoms with Crippen molar-refractivity contribution in [3.63, 3.8) is 0 Å². The van der Waals surface area contributed by atoms with Crippen molar-refractivity contribution in [3.05, 3.63) is 52.9 Å². The molecule has 0 amide bonds. The van der Waals surface area contributed by atoms with E-state index in [2.05, 4.69) is 23.2 Å². The van der Waals surface area contributed by atoms with Crippen molar-refractivity contribution in [2.24, 2.45) is 0 Å². The van der Waals surface area contributed by atoms with Crippen LogP contribution in [0.5, 0.6) is 0 Å². The van der Waals surface area contributed by atoms with Gasteiger partial charge in [0.15, 0.2) is 0 Å². The van der Waals surface area contributed by atoms with E-state index in [1.54, 1.807) is 6.26 Å². The zero-order valence-electron chi connectivity index (χ0n) is 11.3. The Bertz CT molecular complexity index is 511. The maximum absolute atomic E-state index is 6.30. The molecule has 0 spiro atoms. The fourth-order valence-corrected chi connectivity index (χ4v) is 2.39. The molecule has 0 atom stereocenters. The fourth-order valence-electron chi connectivity index (χ4n) is 2.15. The molecule has 1 aromatic heterocycles. The molecule has 1 heterocycles. The summed E-state index contributed by atoms with van der Waals surface area (Å²) in [4.78, 5) is 2.26. The molecule has 0 fully saturated rings. The van der Waals surface area contributed by atoms with Crippen LogP contribution in [0.3, 0.4) is 0 Å². The van der Waals surface area contributed by atoms with E-state index < -0.39 is 0 Å². The maximum Gasteiger partial charge on any atom is 0.123 e. The van der Waals surface area contributed by atoms with Crippen LogP contribution in [0.15, 0.2) is 41.0 Å². The van der Waals surface area contributed by atoms with Gasteiger partial charge in [0, 0.05) is 29.4 Å². The van der Waals surface area contributed by atoms with Crippen molar-refractivity contribution in [1.29, 1.82) is 0 Å². The van der Waals surface area contributed by atoms with Gasteiger partial charge in [-0.3, -0.25) is 0 Å². The molecule has 0 saturated heterocycles. The van der Waals surface area contributed by atoms with Gasteiger partial charge in [0.25, 0.3) is 0 Å². The van der Waals surface area contributed by atoms with E-state index in [9.17, 15) is 0 Å². The van der Waals surface area contributed by atoms with Gasteiger partial charge >= 0.3 is 0 Å². The molecule has 0 bridgehead atoms. The first kappa shape index (κ1) is 14.0. The smallest absolute Gasteiger partial charge is 0.123 e. The summed E-state index contributed by atoms with van der Waals surface area (Å²) in [5.74, 6) is 0.956. The third kappa shape index (κ3) is 3.31. The lowest BCUT2D eigenvalue weighted by Gasteiger charge is -2.25. The van der Waals surface area contributed by atoms with Gasteiger partial charge in [0.05, 0.1) is 12.8 Å². The lowest BCUT2D eigenvalue weighted by Crippen LogP contribution is -2.24. The van der Waals surface area contributed by atoms with E-state index in [0.29, 0.717) is 0 Å². The lowest BCUT2D eigenvalue weighted by atomic mass is 10.1. The van der Waals surface area contributed by atoms with Crippen molar-refractivity contribution >= 4 is 17.3 Å². The number of nitrogens with one attached hydrogen (secondary N) is 1. The van der Waals surface area contributed by atoms with E-state index in [-0.39, 0.29) is 0 Å². The average molecular weight is 279 g/mol. The molecule has 3 nitrogen and oxygen atoms in total. The molecule has 1 N–H and O–H groups in total. The molecule has 2 rings (SSSR count). The maximum atomic E-state index is 6.30. The van der Waals surface area contributed by atoms with Crippen LogP contribution in [0.25, 0.3) is 0 Å². The Morgan fingerprint density at radius 3 is 2.74 bits per heavy atom. The van der Waals surface area contributed by atoms with Crippen LogP contribution in [-0.4, -0.2) is 13.6 Å². The highest BCUT2D eigenvalue weighted by molar-refractivity contribution is 6.31. The topological polar surface area (TPSA) is 28.4 Å². The first-order valence-electron chi connectivity index (χ1n) is 6.45. The minimum Gasteiger partial charge on any atom is -0.467 e. The second-order valence-electron chi connectivity index (χ2n) is 4.36. The Morgan fingerprint density at radius 1 is 1.26 bits per heavy atom. The third-order valence-electron chi connectivity index (χ3n) is 3.10. The van der Waals surface area contributed by atoms with Crippen LogP contribution >= 0.6 is 11.6 Å². The highest BCUT2D eigenvalue weighted by Crippen LogP contribution is 2.28. The first-order valence-corrected chi connectivity index (χ1v) is 6.83. The minimum atomic E-state index is 0.751. The summed E-state index contributed by atoms with van der Waals surface area (Å²) in [7, 11) is 1.93. The summed E-state index contributed by atoms with van der Waals surface area (Å²) in [6.45, 7) is 4.54. The molecule has 0 radical (unpaired) electrons. The molecule has 102 valence electrons. The fraction of sp³-hybridized carbons (Fsp3) is 0.333. The zero-order chi connectivity index (χ0) is 13.7. The summed E-state index contributed by atoms with van der Waals surface area (Å²) >= 11 is 6.30. The van der Waals surface area contributed by atoms with Gasteiger partial charge in [-0.1, -0.05) is 17.7 Å². The predicted octanol–water partition coefficient (Wildman–Crippen LogP) is 3.68. The number of nitrogens with zero attached hydrogens (tertiary/aromatic N) is 1. The van der Waals surface area contributed by atoms with Gasteiger partial charge < -0.3 is 14.6 Å². The van der Waals surface area contributed by atoms with E-state index in [1.165, 1.54) is 0 Å². The molecular formula is C15H19ClN2O. The van der Waals surface area contributed by atoms with Gasteiger partial charge in [-0.05, 0) is 38.2 Å². The van der Waals surface area contributed by atoms with E-state index in [1.807, 2.05) is 31.3 Å². The van der Waals surface area contributed by atoms with Gasteiger partial charge in [0.1, 0.15) is 5.76 Å². The standard InChI is InChI=1S/C15H19ClN2O/c1-3-18(11-12-6-5-9-19-12)15-8-4-7-14(16)13(15)10-17-2/h4-9,17H,3,10-11H2,1-2H3. The van der Waals surface area contributed by atoms with Crippen LogP contribution in [0.2, 0.25) is 5.02 Å². The van der Waals surface area contributed by atoms with Crippen molar-refractivity contribution in [2.75, 3.05) is 18.5 Å². The quantitative estimate of drug-likeness (QED) is 0.874. The molecule has 0 aliphatic rings. The van der Waals surface area contributed by atoms with Gasteiger partial charge in [-0.25, -0.2) is 0 Å². The number of rotatable bonds is 6. The molecular weight excluding hydrogens is 260 g/mol. The van der Waals surface area contributed by atoms with Crippen LogP contribution in [-0.2, 0) is 13.1 Å². The minimum absolute atomic E-state index is 0.751. The summed E-state index contributed by atoms with van der Waals surface area (Å²) in [5, 5.41) is 3.96. The number of benzene rings is 1. The summed E-state index contributed by atoms with van der Waals surface area (Å²) in [6.07, 6.45) is 1.70.